The van der Waals surface area contributed by atoms with Crippen molar-refractivity contribution < 1.29 is 13.2 Å². The minimum Gasteiger partial charge on any atom is -0.308 e. The Morgan fingerprint density at radius 2 is 2.00 bits per heavy atom. The molecule has 1 aliphatic rings. The van der Waals surface area contributed by atoms with E-state index in [4.69, 9.17) is 11.6 Å². The second-order valence-electron chi connectivity index (χ2n) is 5.68. The van der Waals surface area contributed by atoms with Crippen LogP contribution in [0.5, 0.6) is 0 Å². The van der Waals surface area contributed by atoms with E-state index in [0.29, 0.717) is 6.54 Å². The first-order valence-corrected chi connectivity index (χ1v) is 10.3. The average molecular weight is 444 g/mol. The van der Waals surface area contributed by atoms with Gasteiger partial charge in [0, 0.05) is 16.7 Å². The number of nitrogens with zero attached hydrogens (tertiary/aromatic N) is 1. The Morgan fingerprint density at radius 3 is 2.72 bits per heavy atom. The van der Waals surface area contributed by atoms with Gasteiger partial charge < -0.3 is 4.90 Å². The largest absolute Gasteiger partial charge is 0.308 e. The Kier molecular flexibility index (Phi) is 5.20. The van der Waals surface area contributed by atoms with Crippen LogP contribution in [0.25, 0.3) is 0 Å². The summed E-state index contributed by atoms with van der Waals surface area (Å²) < 4.78 is 27.2. The van der Waals surface area contributed by atoms with Crippen molar-refractivity contribution in [3.05, 3.63) is 57.0 Å². The molecule has 0 saturated heterocycles. The Balaban J connectivity index is 2.04. The maximum atomic E-state index is 13.1. The van der Waals surface area contributed by atoms with Gasteiger partial charge in [-0.2, -0.15) is 0 Å². The highest BCUT2D eigenvalue weighted by Gasteiger charge is 2.26. The lowest BCUT2D eigenvalue weighted by atomic mass is 10.0. The van der Waals surface area contributed by atoms with Crippen LogP contribution in [-0.2, 0) is 16.4 Å². The van der Waals surface area contributed by atoms with Gasteiger partial charge in [-0.3, -0.25) is 4.79 Å². The van der Waals surface area contributed by atoms with Crippen LogP contribution in [0.1, 0.15) is 22.3 Å². The number of carbonyl (C=O) groups excluding carboxylic acids is 1. The van der Waals surface area contributed by atoms with Crippen molar-refractivity contribution in [2.75, 3.05) is 18.5 Å². The molecule has 0 radical (unpaired) electrons. The van der Waals surface area contributed by atoms with E-state index in [-0.39, 0.29) is 21.4 Å². The Labute approximate surface area is 160 Å². The summed E-state index contributed by atoms with van der Waals surface area (Å²) in [5, 5.41) is 0.226. The second-order valence-corrected chi connectivity index (χ2v) is 8.89. The Hall–Kier alpha value is -1.41. The van der Waals surface area contributed by atoms with E-state index >= 15 is 0 Å². The number of anilines is 1. The molecule has 0 fully saturated rings. The van der Waals surface area contributed by atoms with E-state index in [1.165, 1.54) is 25.2 Å². The maximum Gasteiger partial charge on any atom is 0.259 e. The molecule has 0 spiro atoms. The topological polar surface area (TPSA) is 66.5 Å². The minimum atomic E-state index is -3.65. The van der Waals surface area contributed by atoms with Crippen molar-refractivity contribution in [2.24, 2.45) is 0 Å². The predicted molar refractivity (Wildman–Crippen MR) is 102 cm³/mol. The molecule has 0 unspecified atom stereocenters. The third-order valence-corrected chi connectivity index (χ3v) is 6.39. The van der Waals surface area contributed by atoms with Crippen LogP contribution in [0.15, 0.2) is 45.8 Å². The third-order valence-electron chi connectivity index (χ3n) is 4.15. The minimum absolute atomic E-state index is 0.00999. The number of carbonyl (C=O) groups is 1. The number of fused-ring (bicyclic) bond motifs is 1. The molecule has 1 heterocycles. The molecule has 1 N–H and O–H groups in total. The highest BCUT2D eigenvalue weighted by molar-refractivity contribution is 9.10. The summed E-state index contributed by atoms with van der Waals surface area (Å²) >= 11 is 9.63. The molecule has 0 atom stereocenters. The molecule has 0 bridgehead atoms. The fraction of sp³-hybridized carbons (Fsp3) is 0.235. The molecule has 0 aliphatic carbocycles. The van der Waals surface area contributed by atoms with Gasteiger partial charge in [-0.25, -0.2) is 13.1 Å². The lowest BCUT2D eigenvalue weighted by Gasteiger charge is -2.30. The van der Waals surface area contributed by atoms with Crippen molar-refractivity contribution in [3.63, 3.8) is 0 Å². The average Bonchev–Trinajstić information content (AvgIpc) is 2.60. The van der Waals surface area contributed by atoms with E-state index < -0.39 is 10.0 Å². The molecule has 3 rings (SSSR count). The van der Waals surface area contributed by atoms with Crippen LogP contribution >= 0.6 is 27.5 Å². The predicted octanol–water partition coefficient (Wildman–Crippen LogP) is 3.60. The van der Waals surface area contributed by atoms with E-state index in [1.54, 1.807) is 4.90 Å². The van der Waals surface area contributed by atoms with Crippen LogP contribution in [-0.4, -0.2) is 27.9 Å². The first-order valence-electron chi connectivity index (χ1n) is 7.67. The van der Waals surface area contributed by atoms with E-state index in [2.05, 4.69) is 20.7 Å². The highest BCUT2D eigenvalue weighted by atomic mass is 79.9. The highest BCUT2D eigenvalue weighted by Crippen LogP contribution is 2.32. The summed E-state index contributed by atoms with van der Waals surface area (Å²) in [4.78, 5) is 14.7. The number of halogens is 2. The van der Waals surface area contributed by atoms with Crippen molar-refractivity contribution in [1.82, 2.24) is 4.72 Å². The molecule has 1 amide bonds. The molecule has 0 aromatic heterocycles. The molecule has 132 valence electrons. The Bertz CT molecular complexity index is 947. The van der Waals surface area contributed by atoms with Gasteiger partial charge in [-0.15, -0.1) is 0 Å². The van der Waals surface area contributed by atoms with Gasteiger partial charge in [-0.05, 0) is 61.9 Å². The molecule has 5 nitrogen and oxygen atoms in total. The number of aryl methyl sites for hydroxylation is 1. The summed E-state index contributed by atoms with van der Waals surface area (Å²) in [7, 11) is -2.33. The number of nitrogens with one attached hydrogen (secondary N) is 1. The lowest BCUT2D eigenvalue weighted by molar-refractivity contribution is 0.0985. The normalized spacial score (nSPS) is 14.3. The van der Waals surface area contributed by atoms with Gasteiger partial charge in [0.15, 0.2) is 0 Å². The van der Waals surface area contributed by atoms with Crippen molar-refractivity contribution in [1.29, 1.82) is 0 Å². The SMILES string of the molecule is CNS(=O)(=O)c1ccc(Cl)c(C(=O)N2CCCc3cc(Br)ccc32)c1. The van der Waals surface area contributed by atoms with Crippen LogP contribution in [0.3, 0.4) is 0 Å². The molecule has 0 saturated carbocycles. The standard InChI is InChI=1S/C17H16BrClN2O3S/c1-20-25(23,24)13-5-6-15(19)14(10-13)17(22)21-8-2-3-11-9-12(18)4-7-16(11)21/h4-7,9-10,20H,2-3,8H2,1H3. The molecule has 8 heteroatoms. The summed E-state index contributed by atoms with van der Waals surface area (Å²) in [6.45, 7) is 0.562. The van der Waals surface area contributed by atoms with Crippen LogP contribution in [0, 0.1) is 0 Å². The van der Waals surface area contributed by atoms with Crippen LogP contribution in [0.4, 0.5) is 5.69 Å². The van der Waals surface area contributed by atoms with Crippen molar-refractivity contribution in [2.45, 2.75) is 17.7 Å². The molecule has 2 aromatic rings. The lowest BCUT2D eigenvalue weighted by Crippen LogP contribution is -2.35. The van der Waals surface area contributed by atoms with Gasteiger partial charge >= 0.3 is 0 Å². The van der Waals surface area contributed by atoms with Crippen LogP contribution in [0.2, 0.25) is 5.02 Å². The summed E-state index contributed by atoms with van der Waals surface area (Å²) in [5.41, 5.74) is 2.08. The number of rotatable bonds is 3. The maximum absolute atomic E-state index is 13.1. The van der Waals surface area contributed by atoms with Gasteiger partial charge in [0.1, 0.15) is 0 Å². The fourth-order valence-corrected chi connectivity index (χ4v) is 4.24. The zero-order valence-electron chi connectivity index (χ0n) is 13.4. The first kappa shape index (κ1) is 18.4. The number of hydrogen-bond acceptors (Lipinski definition) is 3. The van der Waals surface area contributed by atoms with E-state index in [1.807, 2.05) is 18.2 Å². The summed E-state index contributed by atoms with van der Waals surface area (Å²) in [5.74, 6) is -0.304. The zero-order valence-corrected chi connectivity index (χ0v) is 16.6. The summed E-state index contributed by atoms with van der Waals surface area (Å²) in [6, 6.07) is 9.91. The molecule has 1 aliphatic heterocycles. The number of benzene rings is 2. The molecular weight excluding hydrogens is 428 g/mol. The smallest absolute Gasteiger partial charge is 0.259 e. The van der Waals surface area contributed by atoms with Crippen molar-refractivity contribution >= 4 is 49.1 Å². The zero-order chi connectivity index (χ0) is 18.2. The monoisotopic (exact) mass is 442 g/mol. The molecular formula is C17H16BrClN2O3S. The van der Waals surface area contributed by atoms with E-state index in [0.717, 1.165) is 28.6 Å². The second kappa shape index (κ2) is 7.07. The van der Waals surface area contributed by atoms with Crippen molar-refractivity contribution in [3.8, 4) is 0 Å². The molecule has 25 heavy (non-hydrogen) atoms. The third kappa shape index (κ3) is 3.60. The van der Waals surface area contributed by atoms with Gasteiger partial charge in [-0.1, -0.05) is 27.5 Å². The van der Waals surface area contributed by atoms with Gasteiger partial charge in [0.2, 0.25) is 10.0 Å². The fourth-order valence-electron chi connectivity index (χ4n) is 2.88. The molecule has 2 aromatic carbocycles. The van der Waals surface area contributed by atoms with Crippen LogP contribution < -0.4 is 9.62 Å². The number of hydrogen-bond donors (Lipinski definition) is 1. The summed E-state index contributed by atoms with van der Waals surface area (Å²) in [6.07, 6.45) is 1.72. The number of sulfonamides is 1. The first-order chi connectivity index (χ1) is 11.8. The van der Waals surface area contributed by atoms with Gasteiger partial charge in [0.25, 0.3) is 5.91 Å². The number of amides is 1. The van der Waals surface area contributed by atoms with Gasteiger partial charge in [0.05, 0.1) is 15.5 Å². The Morgan fingerprint density at radius 1 is 1.24 bits per heavy atom. The van der Waals surface area contributed by atoms with E-state index in [9.17, 15) is 13.2 Å². The quantitative estimate of drug-likeness (QED) is 0.788.